The highest BCUT2D eigenvalue weighted by Gasteiger charge is 2.36. The van der Waals surface area contributed by atoms with Gasteiger partial charge in [-0.15, -0.1) is 16.4 Å². The van der Waals surface area contributed by atoms with E-state index in [4.69, 9.17) is 9.72 Å². The van der Waals surface area contributed by atoms with Crippen LogP contribution in [0.5, 0.6) is 0 Å². The summed E-state index contributed by atoms with van der Waals surface area (Å²) in [4.78, 5) is 32.1. The van der Waals surface area contributed by atoms with Gasteiger partial charge in [0.25, 0.3) is 5.91 Å². The molecule has 0 bridgehead atoms. The maximum absolute atomic E-state index is 12.7. The van der Waals surface area contributed by atoms with Crippen molar-refractivity contribution in [1.29, 1.82) is 0 Å². The first kappa shape index (κ1) is 22.7. The summed E-state index contributed by atoms with van der Waals surface area (Å²) in [5, 5.41) is 17.1. The number of rotatable bonds is 2. The molecule has 10 nitrogen and oxygen atoms in total. The van der Waals surface area contributed by atoms with Crippen molar-refractivity contribution in [1.82, 2.24) is 30.2 Å². The van der Waals surface area contributed by atoms with Crippen LogP contribution in [0.4, 0.5) is 10.5 Å². The molecule has 1 aromatic carbocycles. The number of amides is 2. The van der Waals surface area contributed by atoms with Gasteiger partial charge in [0.2, 0.25) is 0 Å². The Bertz CT molecular complexity index is 1510. The normalized spacial score (nSPS) is 18.4. The fourth-order valence-electron chi connectivity index (χ4n) is 4.56. The number of thiophene rings is 1. The number of nitrogens with zero attached hydrogens (tertiary/aromatic N) is 5. The highest BCUT2D eigenvalue weighted by molar-refractivity contribution is 7.21. The number of hydrogen-bond donors (Lipinski definition) is 2. The van der Waals surface area contributed by atoms with Gasteiger partial charge in [-0.05, 0) is 52.0 Å². The quantitative estimate of drug-likeness (QED) is 0.425. The van der Waals surface area contributed by atoms with Gasteiger partial charge in [0.1, 0.15) is 10.5 Å². The van der Waals surface area contributed by atoms with E-state index in [1.165, 1.54) is 11.3 Å². The lowest BCUT2D eigenvalue weighted by Gasteiger charge is -2.38. The molecular weight excluding hydrogens is 478 g/mol. The average molecular weight is 506 g/mol. The van der Waals surface area contributed by atoms with Crippen LogP contribution in [0, 0.1) is 0 Å². The van der Waals surface area contributed by atoms with Gasteiger partial charge in [0.15, 0.2) is 5.82 Å². The number of carbonyl (C=O) groups is 2. The van der Waals surface area contributed by atoms with Crippen molar-refractivity contribution in [3.63, 3.8) is 0 Å². The van der Waals surface area contributed by atoms with Crippen molar-refractivity contribution in [2.75, 3.05) is 25.0 Å². The zero-order chi connectivity index (χ0) is 25.2. The number of fused-ring (bicyclic) bond motifs is 5. The Hall–Kier alpha value is -3.73. The summed E-state index contributed by atoms with van der Waals surface area (Å²) in [7, 11) is 0. The van der Waals surface area contributed by atoms with Gasteiger partial charge in [-0.3, -0.25) is 4.79 Å². The lowest BCUT2D eigenvalue weighted by Crippen LogP contribution is -2.50. The summed E-state index contributed by atoms with van der Waals surface area (Å²) in [5.74, 6) is 0.731. The molecule has 0 radical (unpaired) electrons. The number of likely N-dealkylation sites (tertiary alicyclic amines) is 1. The van der Waals surface area contributed by atoms with Crippen LogP contribution in [-0.4, -0.2) is 68.2 Å². The number of ether oxygens (including phenoxy) is 1. The van der Waals surface area contributed by atoms with Crippen LogP contribution in [0.15, 0.2) is 30.5 Å². The first-order valence-electron chi connectivity index (χ1n) is 12.0. The van der Waals surface area contributed by atoms with Gasteiger partial charge in [0.05, 0.1) is 23.1 Å². The van der Waals surface area contributed by atoms with Gasteiger partial charge in [0, 0.05) is 47.1 Å². The molecule has 2 N–H and O–H groups in total. The third-order valence-electron chi connectivity index (χ3n) is 6.37. The molecule has 2 amide bonds. The van der Waals surface area contributed by atoms with Crippen LogP contribution in [0.3, 0.4) is 0 Å². The smallest absolute Gasteiger partial charge is 0.410 e. The second-order valence-corrected chi connectivity index (χ2v) is 11.5. The maximum Gasteiger partial charge on any atom is 0.410 e. The standard InChI is InChI=1S/C25H27N7O3S/c1-13-9-26-21-20-15-5-8-19(28-16(15)6-7-18(20)36-22(21)23(33)27-13)32-12-17(29-30-32)14-10-31(11-14)24(34)35-25(2,3)4/h5-8,12-14,26H,9-11H2,1-4H3,(H,27,33)/t13-/m1/s1. The number of carbonyl (C=O) groups excluding carboxylic acids is 2. The Morgan fingerprint density at radius 1 is 1.19 bits per heavy atom. The van der Waals surface area contributed by atoms with E-state index >= 15 is 0 Å². The lowest BCUT2D eigenvalue weighted by molar-refractivity contribution is 0.00785. The van der Waals surface area contributed by atoms with E-state index in [2.05, 4.69) is 20.9 Å². The molecule has 3 aromatic heterocycles. The molecular formula is C25H27N7O3S. The van der Waals surface area contributed by atoms with Crippen LogP contribution in [0.25, 0.3) is 26.8 Å². The van der Waals surface area contributed by atoms with Crippen LogP contribution in [0.1, 0.15) is 49.0 Å². The van der Waals surface area contributed by atoms with Gasteiger partial charge >= 0.3 is 6.09 Å². The van der Waals surface area contributed by atoms with E-state index in [0.717, 1.165) is 32.4 Å². The first-order valence-corrected chi connectivity index (χ1v) is 12.8. The number of hydrogen-bond acceptors (Lipinski definition) is 8. The molecule has 4 aromatic rings. The second-order valence-electron chi connectivity index (χ2n) is 10.4. The van der Waals surface area contributed by atoms with E-state index in [9.17, 15) is 9.59 Å². The Balaban J connectivity index is 1.26. The second kappa shape index (κ2) is 8.16. The molecule has 2 aliphatic rings. The predicted molar refractivity (Wildman–Crippen MR) is 138 cm³/mol. The summed E-state index contributed by atoms with van der Waals surface area (Å²) >= 11 is 1.49. The van der Waals surface area contributed by atoms with Crippen molar-refractivity contribution in [2.24, 2.45) is 0 Å². The summed E-state index contributed by atoms with van der Waals surface area (Å²) in [6.07, 6.45) is 1.56. The van der Waals surface area contributed by atoms with Gasteiger partial charge in [-0.1, -0.05) is 5.21 Å². The molecule has 36 heavy (non-hydrogen) atoms. The molecule has 2 aliphatic heterocycles. The van der Waals surface area contributed by atoms with Crippen molar-refractivity contribution in [2.45, 2.75) is 45.3 Å². The van der Waals surface area contributed by atoms with Crippen LogP contribution in [-0.2, 0) is 4.74 Å². The Morgan fingerprint density at radius 2 is 2.00 bits per heavy atom. The van der Waals surface area contributed by atoms with Gasteiger partial charge in [-0.25, -0.2) is 14.5 Å². The Kier molecular flexibility index (Phi) is 5.15. The Morgan fingerprint density at radius 3 is 2.78 bits per heavy atom. The number of pyridine rings is 1. The fourth-order valence-corrected chi connectivity index (χ4v) is 5.66. The third kappa shape index (κ3) is 3.93. The molecule has 186 valence electrons. The van der Waals surface area contributed by atoms with E-state index in [-0.39, 0.29) is 24.0 Å². The first-order chi connectivity index (χ1) is 17.2. The largest absolute Gasteiger partial charge is 0.444 e. The molecule has 1 atom stereocenters. The molecule has 0 spiro atoms. The summed E-state index contributed by atoms with van der Waals surface area (Å²) < 4.78 is 8.14. The molecule has 5 heterocycles. The minimum Gasteiger partial charge on any atom is -0.444 e. The van der Waals surface area contributed by atoms with Crippen molar-refractivity contribution in [3.05, 3.63) is 41.0 Å². The minimum absolute atomic E-state index is 0.0437. The van der Waals surface area contributed by atoms with Gasteiger partial charge in [-0.2, -0.15) is 0 Å². The highest BCUT2D eigenvalue weighted by Crippen LogP contribution is 2.41. The predicted octanol–water partition coefficient (Wildman–Crippen LogP) is 3.91. The molecule has 0 aliphatic carbocycles. The van der Waals surface area contributed by atoms with Crippen molar-refractivity contribution >= 4 is 50.0 Å². The molecule has 1 saturated heterocycles. The van der Waals surface area contributed by atoms with Crippen molar-refractivity contribution in [3.8, 4) is 5.82 Å². The molecule has 1 fully saturated rings. The number of benzene rings is 1. The monoisotopic (exact) mass is 505 g/mol. The SMILES string of the molecule is C[C@@H]1CNc2c(sc3ccc4nc(-n5cc(C6CN(C(=O)OC(C)(C)C)C6)nn5)ccc4c23)C(=O)N1. The average Bonchev–Trinajstić information content (AvgIpc) is 3.37. The zero-order valence-electron chi connectivity index (χ0n) is 20.5. The van der Waals surface area contributed by atoms with Crippen LogP contribution >= 0.6 is 11.3 Å². The highest BCUT2D eigenvalue weighted by atomic mass is 32.1. The summed E-state index contributed by atoms with van der Waals surface area (Å²) in [5.41, 5.74) is 2.00. The van der Waals surface area contributed by atoms with Crippen molar-refractivity contribution < 1.29 is 14.3 Å². The molecule has 0 unspecified atom stereocenters. The van der Waals surface area contributed by atoms with E-state index < -0.39 is 5.60 Å². The third-order valence-corrected chi connectivity index (χ3v) is 7.53. The summed E-state index contributed by atoms with van der Waals surface area (Å²) in [6, 6.07) is 7.98. The van der Waals surface area contributed by atoms with Crippen LogP contribution in [0.2, 0.25) is 0 Å². The van der Waals surface area contributed by atoms with E-state index in [1.54, 1.807) is 9.58 Å². The lowest BCUT2D eigenvalue weighted by atomic mass is 9.98. The fraction of sp³-hybridized carbons (Fsp3) is 0.400. The van der Waals surface area contributed by atoms with E-state index in [1.807, 2.05) is 58.2 Å². The van der Waals surface area contributed by atoms with E-state index in [0.29, 0.717) is 30.3 Å². The minimum atomic E-state index is -0.513. The molecule has 11 heteroatoms. The van der Waals surface area contributed by atoms with Gasteiger partial charge < -0.3 is 20.3 Å². The number of anilines is 1. The summed E-state index contributed by atoms with van der Waals surface area (Å²) in [6.45, 7) is 9.34. The Labute approximate surface area is 211 Å². The maximum atomic E-state index is 12.7. The molecule has 0 saturated carbocycles. The number of nitrogens with one attached hydrogen (secondary N) is 2. The topological polar surface area (TPSA) is 114 Å². The zero-order valence-corrected chi connectivity index (χ0v) is 21.3. The van der Waals surface area contributed by atoms with Crippen LogP contribution < -0.4 is 10.6 Å². The number of aromatic nitrogens is 4. The molecule has 6 rings (SSSR count).